The molecule has 118 valence electrons. The highest BCUT2D eigenvalue weighted by Gasteiger charge is 2.10. The van der Waals surface area contributed by atoms with Gasteiger partial charge in [-0.15, -0.1) is 0 Å². The number of nitrogens with zero attached hydrogens (tertiary/aromatic N) is 2. The molecule has 0 saturated carbocycles. The van der Waals surface area contributed by atoms with Gasteiger partial charge < -0.3 is 10.6 Å². The fourth-order valence-electron chi connectivity index (χ4n) is 2.23. The lowest BCUT2D eigenvalue weighted by Crippen LogP contribution is -2.12. The van der Waals surface area contributed by atoms with Crippen molar-refractivity contribution in [2.45, 2.75) is 19.9 Å². The molecule has 1 heterocycles. The van der Waals surface area contributed by atoms with Gasteiger partial charge in [-0.1, -0.05) is 35.3 Å². The molecule has 0 unspecified atom stereocenters. The number of para-hydroxylation sites is 1. The van der Waals surface area contributed by atoms with Gasteiger partial charge in [-0.25, -0.2) is 4.98 Å². The van der Waals surface area contributed by atoms with Crippen LogP contribution in [0, 0.1) is 0 Å². The molecule has 3 aromatic rings. The largest absolute Gasteiger partial charge is 0.367 e. The number of hydrogen-bond donors (Lipinski definition) is 2. The first-order valence-electron chi connectivity index (χ1n) is 7.28. The Balaban J connectivity index is 2.03. The second-order valence-electron chi connectivity index (χ2n) is 5.46. The van der Waals surface area contributed by atoms with E-state index >= 15 is 0 Å². The van der Waals surface area contributed by atoms with Gasteiger partial charge >= 0.3 is 0 Å². The predicted molar refractivity (Wildman–Crippen MR) is 98.0 cm³/mol. The van der Waals surface area contributed by atoms with Crippen LogP contribution in [0.25, 0.3) is 10.9 Å². The van der Waals surface area contributed by atoms with Crippen LogP contribution < -0.4 is 10.6 Å². The summed E-state index contributed by atoms with van der Waals surface area (Å²) < 4.78 is 0. The number of benzene rings is 2. The first-order valence-corrected chi connectivity index (χ1v) is 8.04. The van der Waals surface area contributed by atoms with Crippen LogP contribution in [-0.4, -0.2) is 16.0 Å². The Bertz CT molecular complexity index is 849. The molecule has 0 radical (unpaired) electrons. The zero-order valence-corrected chi connectivity index (χ0v) is 14.3. The molecule has 2 aromatic carbocycles. The summed E-state index contributed by atoms with van der Waals surface area (Å²) in [4.78, 5) is 9.12. The Morgan fingerprint density at radius 3 is 2.52 bits per heavy atom. The van der Waals surface area contributed by atoms with Gasteiger partial charge in [0.05, 0.1) is 16.2 Å². The van der Waals surface area contributed by atoms with Crippen molar-refractivity contribution in [1.29, 1.82) is 0 Å². The molecule has 6 heteroatoms. The first kappa shape index (κ1) is 15.8. The van der Waals surface area contributed by atoms with Crippen LogP contribution in [0.4, 0.5) is 17.5 Å². The number of halogens is 2. The van der Waals surface area contributed by atoms with E-state index in [0.29, 0.717) is 21.7 Å². The van der Waals surface area contributed by atoms with Gasteiger partial charge in [0.1, 0.15) is 5.82 Å². The zero-order valence-electron chi connectivity index (χ0n) is 12.8. The highest BCUT2D eigenvalue weighted by atomic mass is 35.5. The van der Waals surface area contributed by atoms with Crippen LogP contribution in [-0.2, 0) is 0 Å². The van der Waals surface area contributed by atoms with E-state index in [2.05, 4.69) is 34.4 Å². The van der Waals surface area contributed by atoms with E-state index in [1.54, 1.807) is 18.2 Å². The topological polar surface area (TPSA) is 49.8 Å². The predicted octanol–water partition coefficient (Wildman–Crippen LogP) is 5.50. The SMILES string of the molecule is CC(C)Nc1nc(Nc2ccc(Cl)cc2Cl)nc2ccccc12. The zero-order chi connectivity index (χ0) is 16.4. The molecule has 2 N–H and O–H groups in total. The molecule has 0 bridgehead atoms. The number of rotatable bonds is 4. The Kier molecular flexibility index (Phi) is 4.55. The average molecular weight is 347 g/mol. The van der Waals surface area contributed by atoms with Crippen LogP contribution in [0.1, 0.15) is 13.8 Å². The van der Waals surface area contributed by atoms with Crippen molar-refractivity contribution in [3.63, 3.8) is 0 Å². The fourth-order valence-corrected chi connectivity index (χ4v) is 2.68. The highest BCUT2D eigenvalue weighted by Crippen LogP contribution is 2.29. The third-order valence-electron chi connectivity index (χ3n) is 3.21. The van der Waals surface area contributed by atoms with Crippen LogP contribution in [0.15, 0.2) is 42.5 Å². The minimum Gasteiger partial charge on any atom is -0.367 e. The lowest BCUT2D eigenvalue weighted by atomic mass is 10.2. The van der Waals surface area contributed by atoms with Gasteiger partial charge in [-0.05, 0) is 44.2 Å². The average Bonchev–Trinajstić information content (AvgIpc) is 2.50. The van der Waals surface area contributed by atoms with Crippen LogP contribution in [0.2, 0.25) is 10.0 Å². The molecule has 0 aliphatic heterocycles. The lowest BCUT2D eigenvalue weighted by molar-refractivity contribution is 0.891. The number of nitrogens with one attached hydrogen (secondary N) is 2. The second kappa shape index (κ2) is 6.60. The summed E-state index contributed by atoms with van der Waals surface area (Å²) in [6.07, 6.45) is 0. The van der Waals surface area contributed by atoms with Gasteiger partial charge in [-0.2, -0.15) is 4.98 Å². The highest BCUT2D eigenvalue weighted by molar-refractivity contribution is 6.36. The first-order chi connectivity index (χ1) is 11.0. The summed E-state index contributed by atoms with van der Waals surface area (Å²) in [5.74, 6) is 1.27. The standard InChI is InChI=1S/C17H16Cl2N4/c1-10(2)20-16-12-5-3-4-6-14(12)21-17(23-16)22-15-8-7-11(18)9-13(15)19/h3-10H,1-2H3,(H2,20,21,22,23). The van der Waals surface area contributed by atoms with E-state index < -0.39 is 0 Å². The van der Waals surface area contributed by atoms with Crippen LogP contribution >= 0.6 is 23.2 Å². The molecular formula is C17H16Cl2N4. The van der Waals surface area contributed by atoms with E-state index in [-0.39, 0.29) is 6.04 Å². The Morgan fingerprint density at radius 2 is 1.78 bits per heavy atom. The molecule has 0 atom stereocenters. The molecular weight excluding hydrogens is 331 g/mol. The minimum atomic E-state index is 0.264. The lowest BCUT2D eigenvalue weighted by Gasteiger charge is -2.14. The van der Waals surface area contributed by atoms with Crippen molar-refractivity contribution in [3.8, 4) is 0 Å². The van der Waals surface area contributed by atoms with Gasteiger partial charge in [0.25, 0.3) is 0 Å². The number of anilines is 3. The molecule has 23 heavy (non-hydrogen) atoms. The maximum atomic E-state index is 6.20. The minimum absolute atomic E-state index is 0.264. The van der Waals surface area contributed by atoms with E-state index in [0.717, 1.165) is 16.7 Å². The number of fused-ring (bicyclic) bond motifs is 1. The van der Waals surface area contributed by atoms with Crippen molar-refractivity contribution in [1.82, 2.24) is 9.97 Å². The molecule has 3 rings (SSSR count). The summed E-state index contributed by atoms with van der Waals surface area (Å²) in [7, 11) is 0. The van der Waals surface area contributed by atoms with Crippen molar-refractivity contribution >= 4 is 51.6 Å². The molecule has 4 nitrogen and oxygen atoms in total. The smallest absolute Gasteiger partial charge is 0.229 e. The van der Waals surface area contributed by atoms with Gasteiger partial charge in [-0.3, -0.25) is 0 Å². The van der Waals surface area contributed by atoms with Gasteiger partial charge in [0, 0.05) is 16.5 Å². The van der Waals surface area contributed by atoms with Gasteiger partial charge in [0.2, 0.25) is 5.95 Å². The number of hydrogen-bond acceptors (Lipinski definition) is 4. The molecule has 0 aliphatic carbocycles. The van der Waals surface area contributed by atoms with Crippen LogP contribution in [0.5, 0.6) is 0 Å². The van der Waals surface area contributed by atoms with E-state index in [1.807, 2.05) is 24.3 Å². The maximum Gasteiger partial charge on any atom is 0.229 e. The molecule has 1 aromatic heterocycles. The summed E-state index contributed by atoms with van der Waals surface area (Å²) >= 11 is 12.1. The summed E-state index contributed by atoms with van der Waals surface area (Å²) in [6.45, 7) is 4.14. The molecule has 0 saturated heterocycles. The third kappa shape index (κ3) is 3.66. The molecule has 0 spiro atoms. The second-order valence-corrected chi connectivity index (χ2v) is 6.30. The molecule has 0 fully saturated rings. The summed E-state index contributed by atoms with van der Waals surface area (Å²) in [5.41, 5.74) is 1.57. The van der Waals surface area contributed by atoms with Gasteiger partial charge in [0.15, 0.2) is 0 Å². The van der Waals surface area contributed by atoms with E-state index in [1.165, 1.54) is 0 Å². The Morgan fingerprint density at radius 1 is 1.00 bits per heavy atom. The van der Waals surface area contributed by atoms with Crippen molar-refractivity contribution < 1.29 is 0 Å². The molecule has 0 aliphatic rings. The van der Waals surface area contributed by atoms with Crippen molar-refractivity contribution in [2.24, 2.45) is 0 Å². The quantitative estimate of drug-likeness (QED) is 0.654. The fraction of sp³-hybridized carbons (Fsp3) is 0.176. The Labute approximate surface area is 144 Å². The number of aromatic nitrogens is 2. The van der Waals surface area contributed by atoms with Crippen LogP contribution in [0.3, 0.4) is 0 Å². The summed E-state index contributed by atoms with van der Waals surface area (Å²) in [5, 5.41) is 8.59. The summed E-state index contributed by atoms with van der Waals surface area (Å²) in [6, 6.07) is 13.4. The van der Waals surface area contributed by atoms with E-state index in [9.17, 15) is 0 Å². The molecule has 0 amide bonds. The van der Waals surface area contributed by atoms with Crippen molar-refractivity contribution in [2.75, 3.05) is 10.6 Å². The van der Waals surface area contributed by atoms with Crippen molar-refractivity contribution in [3.05, 3.63) is 52.5 Å². The normalized spacial score (nSPS) is 11.0. The maximum absolute atomic E-state index is 6.20. The van der Waals surface area contributed by atoms with E-state index in [4.69, 9.17) is 23.2 Å². The third-order valence-corrected chi connectivity index (χ3v) is 3.75. The Hall–Kier alpha value is -2.04. The monoisotopic (exact) mass is 346 g/mol.